The zero-order valence-electron chi connectivity index (χ0n) is 41.9. The van der Waals surface area contributed by atoms with Gasteiger partial charge in [0.1, 0.15) is 17.2 Å². The number of aromatic carboxylic acids is 3. The van der Waals surface area contributed by atoms with E-state index in [1.807, 2.05) is 36.4 Å². The number of ether oxygens (including phenoxy) is 6. The second-order valence-electron chi connectivity index (χ2n) is 17.7. The van der Waals surface area contributed by atoms with Crippen LogP contribution in [0.4, 0.5) is 0 Å². The molecule has 7 aromatic rings. The fourth-order valence-corrected chi connectivity index (χ4v) is 8.15. The lowest BCUT2D eigenvalue weighted by Crippen LogP contribution is -2.06. The Kier molecular flexibility index (Phi) is 21.2. The molecular weight excluding hydrogens is 955 g/mol. The van der Waals surface area contributed by atoms with Gasteiger partial charge < -0.3 is 43.7 Å². The molecule has 0 spiro atoms. The summed E-state index contributed by atoms with van der Waals surface area (Å²) >= 11 is 0. The molecular formula is C60H63N3O12. The number of nitrogens with zero attached hydrogens (tertiary/aromatic N) is 3. The molecule has 0 fully saturated rings. The van der Waals surface area contributed by atoms with Gasteiger partial charge in [0.05, 0.1) is 39.6 Å². The minimum atomic E-state index is -1.11. The molecule has 0 unspecified atom stereocenters. The molecule has 0 bridgehead atoms. The maximum absolute atomic E-state index is 11.4. The molecule has 3 aromatic heterocycles. The van der Waals surface area contributed by atoms with Crippen LogP contribution in [0.5, 0.6) is 34.5 Å². The number of pyridine rings is 3. The Hall–Kier alpha value is -8.46. The number of carbonyl (C=O) groups is 3. The van der Waals surface area contributed by atoms with Crippen LogP contribution in [0.2, 0.25) is 0 Å². The molecule has 0 aliphatic rings. The van der Waals surface area contributed by atoms with Crippen molar-refractivity contribution >= 4 is 17.9 Å². The summed E-state index contributed by atoms with van der Waals surface area (Å²) < 4.78 is 35.3. The number of benzene rings is 4. The lowest BCUT2D eigenvalue weighted by Gasteiger charge is -2.13. The number of aromatic nitrogens is 3. The van der Waals surface area contributed by atoms with Gasteiger partial charge in [0, 0.05) is 18.6 Å². The van der Waals surface area contributed by atoms with E-state index in [9.17, 15) is 29.7 Å². The van der Waals surface area contributed by atoms with Gasteiger partial charge in [-0.1, -0.05) is 36.4 Å². The van der Waals surface area contributed by atoms with Gasteiger partial charge in [-0.3, -0.25) is 0 Å². The largest absolute Gasteiger partial charge is 0.494 e. The summed E-state index contributed by atoms with van der Waals surface area (Å²) in [5, 5.41) is 28.0. The van der Waals surface area contributed by atoms with E-state index in [1.165, 1.54) is 18.6 Å². The molecule has 3 N–H and O–H groups in total. The van der Waals surface area contributed by atoms with E-state index in [0.29, 0.717) is 39.6 Å². The fourth-order valence-electron chi connectivity index (χ4n) is 8.15. The Bertz CT molecular complexity index is 2570. The van der Waals surface area contributed by atoms with Gasteiger partial charge in [0.25, 0.3) is 0 Å². The molecule has 75 heavy (non-hydrogen) atoms. The molecule has 7 rings (SSSR count). The summed E-state index contributed by atoms with van der Waals surface area (Å²) in [6.07, 6.45) is 15.0. The van der Waals surface area contributed by atoms with E-state index in [-0.39, 0.29) is 34.3 Å². The van der Waals surface area contributed by atoms with Crippen molar-refractivity contribution in [2.75, 3.05) is 39.6 Å². The summed E-state index contributed by atoms with van der Waals surface area (Å²) in [4.78, 5) is 45.8. The first-order chi connectivity index (χ1) is 36.7. The summed E-state index contributed by atoms with van der Waals surface area (Å²) in [6, 6.07) is 41.0. The first kappa shape index (κ1) is 54.3. The quantitative estimate of drug-likeness (QED) is 0.0327. The highest BCUT2D eigenvalue weighted by atomic mass is 16.5. The highest BCUT2D eigenvalue weighted by Gasteiger charge is 2.15. The van der Waals surface area contributed by atoms with E-state index in [0.717, 1.165) is 128 Å². The average Bonchev–Trinajstić information content (AvgIpc) is 3.43. The van der Waals surface area contributed by atoms with Crippen molar-refractivity contribution in [3.8, 4) is 67.9 Å². The van der Waals surface area contributed by atoms with E-state index in [1.54, 1.807) is 36.4 Å². The Balaban J connectivity index is 0.905. The highest BCUT2D eigenvalue weighted by molar-refractivity contribution is 5.89. The van der Waals surface area contributed by atoms with Gasteiger partial charge in [-0.05, 0) is 201 Å². The number of carboxylic acid groups (broad SMARTS) is 3. The van der Waals surface area contributed by atoms with Crippen molar-refractivity contribution in [3.63, 3.8) is 0 Å². The molecule has 0 aliphatic heterocycles. The topological polar surface area (TPSA) is 206 Å². The van der Waals surface area contributed by atoms with Crippen molar-refractivity contribution in [2.24, 2.45) is 0 Å². The van der Waals surface area contributed by atoms with Crippen molar-refractivity contribution in [1.29, 1.82) is 0 Å². The molecule has 0 amide bonds. The van der Waals surface area contributed by atoms with Crippen molar-refractivity contribution in [2.45, 2.75) is 77.0 Å². The standard InChI is InChI=1S/C60H63N3O12/c64-58(65)55-52(16-13-31-61-55)73-37-10-4-1-7-34-70-49-25-19-43(20-26-49)46-40-47(44-21-27-50(28-22-44)71-35-8-2-5-11-38-74-53-17-14-32-62-56(53)59(66)67)42-48(41-46)45-23-29-51(30-24-45)72-36-9-3-6-12-39-75-54-18-15-33-63-57(54)60(68)69/h13-33,40-42H,1-12,34-39H2,(H,64,65)(H,66,67)(H,68,69). The van der Waals surface area contributed by atoms with E-state index < -0.39 is 17.9 Å². The first-order valence-electron chi connectivity index (χ1n) is 25.5. The van der Waals surface area contributed by atoms with Crippen LogP contribution in [0.3, 0.4) is 0 Å². The molecule has 0 radical (unpaired) electrons. The highest BCUT2D eigenvalue weighted by Crippen LogP contribution is 2.35. The van der Waals surface area contributed by atoms with Crippen molar-refractivity contribution in [3.05, 3.63) is 163 Å². The van der Waals surface area contributed by atoms with Crippen LogP contribution < -0.4 is 28.4 Å². The van der Waals surface area contributed by atoms with Gasteiger partial charge in [-0.15, -0.1) is 0 Å². The fraction of sp³-hybridized carbons (Fsp3) is 0.300. The van der Waals surface area contributed by atoms with Crippen molar-refractivity contribution in [1.82, 2.24) is 15.0 Å². The zero-order chi connectivity index (χ0) is 52.5. The third-order valence-corrected chi connectivity index (χ3v) is 12.1. The smallest absolute Gasteiger partial charge is 0.358 e. The predicted octanol–water partition coefficient (Wildman–Crippen LogP) is 13.0. The first-order valence-corrected chi connectivity index (χ1v) is 25.5. The van der Waals surface area contributed by atoms with Gasteiger partial charge >= 0.3 is 17.9 Å². The van der Waals surface area contributed by atoms with Crippen LogP contribution in [-0.4, -0.2) is 87.8 Å². The third-order valence-electron chi connectivity index (χ3n) is 12.1. The van der Waals surface area contributed by atoms with Gasteiger partial charge in [-0.25, -0.2) is 29.3 Å². The number of carboxylic acids is 3. The maximum Gasteiger partial charge on any atom is 0.358 e. The second kappa shape index (κ2) is 29.3. The molecule has 0 atom stereocenters. The molecule has 4 aromatic carbocycles. The lowest BCUT2D eigenvalue weighted by atomic mass is 9.93. The van der Waals surface area contributed by atoms with Crippen LogP contribution in [0.25, 0.3) is 33.4 Å². The minimum absolute atomic E-state index is 0.0783. The summed E-state index contributed by atoms with van der Waals surface area (Å²) in [7, 11) is 0. The molecule has 15 heteroatoms. The van der Waals surface area contributed by atoms with E-state index in [4.69, 9.17) is 28.4 Å². The van der Waals surface area contributed by atoms with Crippen molar-refractivity contribution < 1.29 is 58.1 Å². The van der Waals surface area contributed by atoms with E-state index >= 15 is 0 Å². The van der Waals surface area contributed by atoms with Crippen LogP contribution >= 0.6 is 0 Å². The zero-order valence-corrected chi connectivity index (χ0v) is 41.9. The monoisotopic (exact) mass is 1020 g/mol. The van der Waals surface area contributed by atoms with Gasteiger partial charge in [0.2, 0.25) is 0 Å². The number of rotatable bonds is 33. The van der Waals surface area contributed by atoms with E-state index in [2.05, 4.69) is 69.5 Å². The van der Waals surface area contributed by atoms with Gasteiger partial charge in [0.15, 0.2) is 34.3 Å². The second-order valence-corrected chi connectivity index (χ2v) is 17.7. The third kappa shape index (κ3) is 17.3. The van der Waals surface area contributed by atoms with Crippen LogP contribution in [0, 0.1) is 0 Å². The summed E-state index contributed by atoms with van der Waals surface area (Å²) in [5.41, 5.74) is 6.08. The molecule has 0 aliphatic carbocycles. The normalized spacial score (nSPS) is 10.9. The Morgan fingerprint density at radius 2 is 0.547 bits per heavy atom. The number of unbranched alkanes of at least 4 members (excludes halogenated alkanes) is 9. The van der Waals surface area contributed by atoms with Gasteiger partial charge in [-0.2, -0.15) is 0 Å². The SMILES string of the molecule is O=C(O)c1ncccc1OCCCCCCOc1ccc(-c2cc(-c3ccc(OCCCCCCOc4cccnc4C(=O)O)cc3)cc(-c3ccc(OCCCCCCOc4cccnc4C(=O)O)cc3)c2)cc1. The number of hydrogen-bond acceptors (Lipinski definition) is 12. The molecule has 3 heterocycles. The molecule has 390 valence electrons. The number of hydrogen-bond donors (Lipinski definition) is 3. The molecule has 0 saturated heterocycles. The minimum Gasteiger partial charge on any atom is -0.494 e. The van der Waals surface area contributed by atoms with Crippen LogP contribution in [0.1, 0.15) is 109 Å². The molecule has 15 nitrogen and oxygen atoms in total. The Morgan fingerprint density at radius 1 is 0.307 bits per heavy atom. The molecule has 0 saturated carbocycles. The Labute approximate surface area is 437 Å². The summed E-state index contributed by atoms with van der Waals surface area (Å²) in [6.45, 7) is 2.99. The van der Waals surface area contributed by atoms with Crippen LogP contribution in [-0.2, 0) is 0 Å². The maximum atomic E-state index is 11.4. The lowest BCUT2D eigenvalue weighted by molar-refractivity contribution is 0.0674. The Morgan fingerprint density at radius 3 is 0.787 bits per heavy atom. The summed E-state index contributed by atoms with van der Waals surface area (Å²) in [5.74, 6) is -0.102. The van der Waals surface area contributed by atoms with Crippen LogP contribution in [0.15, 0.2) is 146 Å². The average molecular weight is 1020 g/mol. The predicted molar refractivity (Wildman–Crippen MR) is 285 cm³/mol.